The average molecular weight is 814 g/mol. The third-order valence-corrected chi connectivity index (χ3v) is 11.4. The summed E-state index contributed by atoms with van der Waals surface area (Å²) in [5.74, 6) is -0.288. The molecule has 0 fully saturated rings. The monoisotopic (exact) mass is 814 g/mol. The molecule has 0 aromatic carbocycles. The molecule has 0 amide bonds. The fraction of sp³-hybridized carbons (Fsp3) is 0.894. The summed E-state index contributed by atoms with van der Waals surface area (Å²) in [6, 6.07) is 0. The Bertz CT molecular complexity index is 915. The van der Waals surface area contributed by atoms with Crippen molar-refractivity contribution in [3.05, 3.63) is 24.5 Å². The van der Waals surface area contributed by atoms with Gasteiger partial charge >= 0.3 is 13.8 Å². The van der Waals surface area contributed by atoms with E-state index in [0.29, 0.717) is 6.42 Å². The van der Waals surface area contributed by atoms with E-state index in [0.717, 1.165) is 44.9 Å². The molecule has 9 heteroatoms. The minimum absolute atomic E-state index is 0.0638. The van der Waals surface area contributed by atoms with Crippen LogP contribution in [0.25, 0.3) is 0 Å². The van der Waals surface area contributed by atoms with Gasteiger partial charge in [0, 0.05) is 13.0 Å². The lowest BCUT2D eigenvalue weighted by molar-refractivity contribution is -0.147. The number of hydrogen-bond acceptors (Lipinski definition) is 7. The Morgan fingerprint density at radius 1 is 0.536 bits per heavy atom. The Morgan fingerprint density at radius 3 is 1.32 bits per heavy atom. The van der Waals surface area contributed by atoms with Crippen LogP contribution in [0.15, 0.2) is 24.5 Å². The highest BCUT2D eigenvalue weighted by Crippen LogP contribution is 2.43. The summed E-state index contributed by atoms with van der Waals surface area (Å²) in [5.41, 5.74) is 5.37. The molecule has 0 spiro atoms. The highest BCUT2D eigenvalue weighted by Gasteiger charge is 2.24. The van der Waals surface area contributed by atoms with Crippen LogP contribution in [0, 0.1) is 0 Å². The number of unbranched alkanes of at least 4 members (excludes halogenated alkanes) is 31. The van der Waals surface area contributed by atoms with Crippen LogP contribution in [0.3, 0.4) is 0 Å². The SMILES string of the molecule is CCCCCCCC/C=C\CCCCCC/C=C\O[C@H](COC(=O)CCCCCCCCCCCCCCCCCCCCCCC)COP(=O)(O)OCCN. The van der Waals surface area contributed by atoms with Gasteiger partial charge in [0.2, 0.25) is 0 Å². The number of phosphoric ester groups is 1. The molecule has 3 N–H and O–H groups in total. The van der Waals surface area contributed by atoms with Gasteiger partial charge < -0.3 is 20.1 Å². The second-order valence-electron chi connectivity index (χ2n) is 16.0. The summed E-state index contributed by atoms with van der Waals surface area (Å²) in [4.78, 5) is 22.3. The quantitative estimate of drug-likeness (QED) is 0.0205. The number of ether oxygens (including phenoxy) is 2. The van der Waals surface area contributed by atoms with Gasteiger partial charge in [-0.2, -0.15) is 0 Å². The average Bonchev–Trinajstić information content (AvgIpc) is 3.19. The molecule has 2 atom stereocenters. The molecule has 0 aliphatic carbocycles. The summed E-state index contributed by atoms with van der Waals surface area (Å²) < 4.78 is 33.3. The molecule has 0 radical (unpaired) electrons. The van der Waals surface area contributed by atoms with Gasteiger partial charge in [-0.1, -0.05) is 199 Å². The number of allylic oxidation sites excluding steroid dienone is 3. The van der Waals surface area contributed by atoms with Crippen molar-refractivity contribution in [1.29, 1.82) is 0 Å². The van der Waals surface area contributed by atoms with Crippen molar-refractivity contribution in [1.82, 2.24) is 0 Å². The van der Waals surface area contributed by atoms with E-state index >= 15 is 0 Å². The number of rotatable bonds is 46. The fourth-order valence-electron chi connectivity index (χ4n) is 6.86. The third-order valence-electron chi connectivity index (χ3n) is 10.5. The molecule has 0 bridgehead atoms. The first kappa shape index (κ1) is 54.8. The van der Waals surface area contributed by atoms with Crippen LogP contribution < -0.4 is 5.73 Å². The maximum absolute atomic E-state index is 12.4. The first-order chi connectivity index (χ1) is 27.4. The van der Waals surface area contributed by atoms with Crippen LogP contribution in [0.2, 0.25) is 0 Å². The molecule has 0 aliphatic heterocycles. The zero-order valence-electron chi connectivity index (χ0n) is 36.9. The summed E-state index contributed by atoms with van der Waals surface area (Å²) in [6.45, 7) is 4.24. The number of hydrogen-bond donors (Lipinski definition) is 2. The van der Waals surface area contributed by atoms with Gasteiger partial charge in [0.1, 0.15) is 6.61 Å². The van der Waals surface area contributed by atoms with Crippen LogP contribution >= 0.6 is 7.82 Å². The van der Waals surface area contributed by atoms with Gasteiger partial charge in [-0.3, -0.25) is 13.8 Å². The third kappa shape index (κ3) is 43.9. The lowest BCUT2D eigenvalue weighted by Gasteiger charge is -2.19. The largest absolute Gasteiger partial charge is 0.492 e. The van der Waals surface area contributed by atoms with Crippen LogP contribution in [-0.2, 0) is 27.9 Å². The van der Waals surface area contributed by atoms with E-state index in [1.54, 1.807) is 6.26 Å². The highest BCUT2D eigenvalue weighted by atomic mass is 31.2. The van der Waals surface area contributed by atoms with E-state index in [1.807, 2.05) is 6.08 Å². The molecule has 0 aliphatic rings. The second-order valence-corrected chi connectivity index (χ2v) is 17.5. The van der Waals surface area contributed by atoms with Crippen LogP contribution in [-0.4, -0.2) is 43.3 Å². The number of phosphoric acid groups is 1. The predicted molar refractivity (Wildman–Crippen MR) is 238 cm³/mol. The number of carbonyl (C=O) groups excluding carboxylic acids is 1. The molecule has 0 aromatic heterocycles. The molecular formula is C47H92NO7P. The topological polar surface area (TPSA) is 117 Å². The molecule has 0 heterocycles. The normalized spacial score (nSPS) is 13.5. The molecular weight excluding hydrogens is 721 g/mol. The van der Waals surface area contributed by atoms with Crippen molar-refractivity contribution < 1.29 is 32.8 Å². The van der Waals surface area contributed by atoms with E-state index in [9.17, 15) is 14.3 Å². The zero-order valence-corrected chi connectivity index (χ0v) is 37.8. The molecule has 0 saturated heterocycles. The number of esters is 1. The molecule has 332 valence electrons. The Hall–Kier alpha value is -1.18. The van der Waals surface area contributed by atoms with Crippen molar-refractivity contribution >= 4 is 13.8 Å². The highest BCUT2D eigenvalue weighted by molar-refractivity contribution is 7.47. The van der Waals surface area contributed by atoms with Gasteiger partial charge in [-0.25, -0.2) is 4.57 Å². The van der Waals surface area contributed by atoms with Gasteiger partial charge in [0.05, 0.1) is 19.5 Å². The van der Waals surface area contributed by atoms with Crippen molar-refractivity contribution in [3.8, 4) is 0 Å². The smallest absolute Gasteiger partial charge is 0.472 e. The van der Waals surface area contributed by atoms with Gasteiger partial charge in [-0.05, 0) is 51.0 Å². The van der Waals surface area contributed by atoms with E-state index in [2.05, 4.69) is 26.0 Å². The van der Waals surface area contributed by atoms with Crippen molar-refractivity contribution in [2.24, 2.45) is 5.73 Å². The predicted octanol–water partition coefficient (Wildman–Crippen LogP) is 14.8. The Balaban J connectivity index is 3.97. The summed E-state index contributed by atoms with van der Waals surface area (Å²) in [6.07, 6.45) is 51.6. The van der Waals surface area contributed by atoms with Crippen molar-refractivity contribution in [3.63, 3.8) is 0 Å². The van der Waals surface area contributed by atoms with E-state index < -0.39 is 13.9 Å². The Morgan fingerprint density at radius 2 is 0.911 bits per heavy atom. The maximum Gasteiger partial charge on any atom is 0.472 e. The van der Waals surface area contributed by atoms with Crippen LogP contribution in [0.1, 0.15) is 239 Å². The van der Waals surface area contributed by atoms with Crippen molar-refractivity contribution in [2.45, 2.75) is 245 Å². The lowest BCUT2D eigenvalue weighted by atomic mass is 10.0. The minimum atomic E-state index is -4.27. The van der Waals surface area contributed by atoms with E-state index in [4.69, 9.17) is 24.3 Å². The van der Waals surface area contributed by atoms with E-state index in [-0.39, 0.29) is 32.3 Å². The fourth-order valence-corrected chi connectivity index (χ4v) is 7.62. The summed E-state index contributed by atoms with van der Waals surface area (Å²) in [7, 11) is -4.27. The summed E-state index contributed by atoms with van der Waals surface area (Å²) >= 11 is 0. The first-order valence-electron chi connectivity index (χ1n) is 23.9. The summed E-state index contributed by atoms with van der Waals surface area (Å²) in [5, 5.41) is 0. The second kappa shape index (κ2) is 44.9. The maximum atomic E-state index is 12.4. The van der Waals surface area contributed by atoms with Crippen LogP contribution in [0.5, 0.6) is 0 Å². The molecule has 0 saturated carbocycles. The zero-order chi connectivity index (χ0) is 40.9. The Labute approximate surface area is 346 Å². The Kier molecular flexibility index (Phi) is 44.0. The van der Waals surface area contributed by atoms with Crippen molar-refractivity contribution in [2.75, 3.05) is 26.4 Å². The standard InChI is InChI=1S/C47H92NO7P/c1-3-5-7-9-11-13-15-17-19-21-22-23-24-25-26-28-30-32-34-36-38-40-47(49)53-44-46(45-55-56(50,51)54-43-41-48)52-42-39-37-35-33-31-29-27-20-18-16-14-12-10-8-6-4-2/h18,20,39,42,46H,3-17,19,21-38,40-41,43-45,48H2,1-2H3,(H,50,51)/b20-18-,42-39-/t46-/m1/s1. The van der Waals surface area contributed by atoms with Gasteiger partial charge in [0.25, 0.3) is 0 Å². The van der Waals surface area contributed by atoms with E-state index in [1.165, 1.54) is 173 Å². The van der Waals surface area contributed by atoms with Gasteiger partial charge in [0.15, 0.2) is 6.10 Å². The molecule has 8 nitrogen and oxygen atoms in total. The number of nitrogens with two attached hydrogens (primary N) is 1. The molecule has 56 heavy (non-hydrogen) atoms. The van der Waals surface area contributed by atoms with Gasteiger partial charge in [-0.15, -0.1) is 0 Å². The minimum Gasteiger partial charge on any atom is -0.492 e. The lowest BCUT2D eigenvalue weighted by Crippen LogP contribution is -2.25. The molecule has 0 aromatic rings. The molecule has 0 rings (SSSR count). The van der Waals surface area contributed by atoms with Crippen LogP contribution in [0.4, 0.5) is 0 Å². The number of carbonyl (C=O) groups is 1. The molecule has 1 unspecified atom stereocenters. The first-order valence-corrected chi connectivity index (χ1v) is 25.4.